The second-order valence-electron chi connectivity index (χ2n) is 27.2. The Balaban J connectivity index is 0.000000149. The lowest BCUT2D eigenvalue weighted by atomic mass is 9.93. The SMILES string of the molecule is Cc1cc(C)c(-c2c(C)cc(C)c(-c3ccccc3C)[n+]2C)cc1C.Cc1ccc(-c2cc(C)cc(-c3ccccc3C)[n+]2C)c(C)c1.Cc1ccc(-c2cccc(-c3cc(C)ccc3C)[n+]2C)c(C)c1.Cc1ccccc1-c1cccc(-c2ccc(C(C)C)cc2C)[n+]1C. The lowest BCUT2D eigenvalue weighted by Crippen LogP contribution is -2.36. The summed E-state index contributed by atoms with van der Waals surface area (Å²) in [5, 5.41) is 0. The number of aromatic nitrogens is 4. The maximum absolute atomic E-state index is 2.38. The molecule has 4 nitrogen and oxygen atoms in total. The fraction of sp³-hybridized carbons (Fsp3) is 0.253. The summed E-state index contributed by atoms with van der Waals surface area (Å²) in [5.74, 6) is 0.560. The summed E-state index contributed by atoms with van der Waals surface area (Å²) < 4.78 is 9.30. The summed E-state index contributed by atoms with van der Waals surface area (Å²) >= 11 is 0. The van der Waals surface area contributed by atoms with E-state index in [0.717, 1.165) is 0 Å². The molecule has 12 rings (SSSR count). The first kappa shape index (κ1) is 69.7. The van der Waals surface area contributed by atoms with Crippen molar-refractivity contribution in [1.82, 2.24) is 0 Å². The monoisotopic (exact) mass is 1250 g/mol. The van der Waals surface area contributed by atoms with Gasteiger partial charge in [-0.15, -0.1) is 0 Å². The highest BCUT2D eigenvalue weighted by Gasteiger charge is 2.26. The molecule has 0 aliphatic heterocycles. The van der Waals surface area contributed by atoms with Gasteiger partial charge >= 0.3 is 0 Å². The van der Waals surface area contributed by atoms with E-state index in [1.54, 1.807) is 0 Å². The number of nitrogens with zero attached hydrogens (tertiary/aromatic N) is 4. The number of hydrogen-bond donors (Lipinski definition) is 0. The highest BCUT2D eigenvalue weighted by Crippen LogP contribution is 2.34. The van der Waals surface area contributed by atoms with Crippen LogP contribution in [-0.4, -0.2) is 0 Å². The van der Waals surface area contributed by atoms with Gasteiger partial charge in [0.25, 0.3) is 0 Å². The summed E-state index contributed by atoms with van der Waals surface area (Å²) in [6, 6.07) is 77.3. The van der Waals surface area contributed by atoms with E-state index in [9.17, 15) is 0 Å². The standard InChI is InChI=1S/C24H28N.C23H26N.2C22H24N/c1-15-10-8-9-11-21(15)23-19(5)13-20(6)24(25(23)7)22-14-17(3)16(2)12-18(22)4;1-16(2)19-13-14-21(18(4)15-19)23-12-8-11-22(24(23)5)20-10-7-6-9-17(20)3;1-15-10-12-19(18(4)13-15)21-7-6-8-22(23(21)5)20-14-16(2)9-11-17(20)3;1-15-10-11-20(18(4)12-15)22-14-16(2)13-21(23(22)5)19-9-7-6-8-17(19)3/h8-14H,1-7H3;6-16H,1-5H3;2*6-14H,1-5H3/q4*+1. The van der Waals surface area contributed by atoms with Crippen LogP contribution in [0.2, 0.25) is 0 Å². The average Bonchev–Trinajstić information content (AvgIpc) is 0.841. The predicted octanol–water partition coefficient (Wildman–Crippen LogP) is 21.4. The Hall–Kier alpha value is -9.64. The lowest BCUT2D eigenvalue weighted by Gasteiger charge is -2.15. The molecule has 95 heavy (non-hydrogen) atoms. The molecule has 0 unspecified atom stereocenters. The van der Waals surface area contributed by atoms with Crippen LogP contribution in [0.15, 0.2) is 212 Å². The van der Waals surface area contributed by atoms with Crippen molar-refractivity contribution in [2.24, 2.45) is 28.2 Å². The van der Waals surface area contributed by atoms with Crippen LogP contribution >= 0.6 is 0 Å². The van der Waals surface area contributed by atoms with E-state index in [0.29, 0.717) is 5.92 Å². The van der Waals surface area contributed by atoms with Gasteiger partial charge in [-0.05, 0) is 250 Å². The molecule has 0 aliphatic carbocycles. The summed E-state index contributed by atoms with van der Waals surface area (Å²) in [4.78, 5) is 0. The molecular formula is C91H102N4+4. The largest absolute Gasteiger partial charge is 0.215 e. The van der Waals surface area contributed by atoms with Gasteiger partial charge in [0.2, 0.25) is 45.6 Å². The van der Waals surface area contributed by atoms with Gasteiger partial charge in [0.05, 0.1) is 0 Å². The van der Waals surface area contributed by atoms with Crippen LogP contribution < -0.4 is 18.3 Å². The number of rotatable bonds is 9. The zero-order valence-corrected chi connectivity index (χ0v) is 61.1. The molecule has 12 aromatic rings. The Morgan fingerprint density at radius 1 is 0.200 bits per heavy atom. The van der Waals surface area contributed by atoms with E-state index < -0.39 is 0 Å². The second kappa shape index (κ2) is 30.2. The molecule has 0 radical (unpaired) electrons. The Morgan fingerprint density at radius 2 is 0.537 bits per heavy atom. The van der Waals surface area contributed by atoms with Gasteiger partial charge in [0.1, 0.15) is 28.2 Å². The third-order valence-corrected chi connectivity index (χ3v) is 19.3. The fourth-order valence-electron chi connectivity index (χ4n) is 13.8. The highest BCUT2D eigenvalue weighted by molar-refractivity contribution is 5.73. The third kappa shape index (κ3) is 15.6. The van der Waals surface area contributed by atoms with Crippen molar-refractivity contribution < 1.29 is 18.3 Å². The summed E-state index contributed by atoms with van der Waals surface area (Å²) in [6.45, 7) is 39.4. The van der Waals surface area contributed by atoms with E-state index in [-0.39, 0.29) is 0 Å². The number of aryl methyl sites for hydroxylation is 16. The Bertz CT molecular complexity index is 4800. The fourth-order valence-corrected chi connectivity index (χ4v) is 13.8. The first-order chi connectivity index (χ1) is 45.2. The Labute approximate surface area is 570 Å². The lowest BCUT2D eigenvalue weighted by molar-refractivity contribution is -0.649. The quantitative estimate of drug-likeness (QED) is 0.128. The van der Waals surface area contributed by atoms with E-state index in [2.05, 4.69) is 383 Å². The van der Waals surface area contributed by atoms with Gasteiger partial charge in [0.15, 0.2) is 0 Å². The van der Waals surface area contributed by atoms with Gasteiger partial charge in [-0.3, -0.25) is 0 Å². The molecule has 0 saturated heterocycles. The van der Waals surface area contributed by atoms with Crippen molar-refractivity contribution in [2.75, 3.05) is 0 Å². The van der Waals surface area contributed by atoms with E-state index in [4.69, 9.17) is 0 Å². The van der Waals surface area contributed by atoms with Crippen molar-refractivity contribution in [3.63, 3.8) is 0 Å². The third-order valence-electron chi connectivity index (χ3n) is 19.3. The van der Waals surface area contributed by atoms with Gasteiger partial charge in [-0.2, -0.15) is 18.3 Å². The highest BCUT2D eigenvalue weighted by atomic mass is 15.0. The maximum Gasteiger partial charge on any atom is 0.215 e. The summed E-state index contributed by atoms with van der Waals surface area (Å²) in [7, 11) is 8.68. The molecule has 4 aromatic heterocycles. The summed E-state index contributed by atoms with van der Waals surface area (Å²) in [5.41, 5.74) is 43.0. The first-order valence-electron chi connectivity index (χ1n) is 33.8. The Kier molecular flexibility index (Phi) is 22.1. The molecule has 0 aliphatic rings. The minimum absolute atomic E-state index is 0.560. The van der Waals surface area contributed by atoms with Crippen LogP contribution in [0.1, 0.15) is 114 Å². The van der Waals surface area contributed by atoms with Gasteiger partial charge in [-0.25, -0.2) is 0 Å². The van der Waals surface area contributed by atoms with Crippen molar-refractivity contribution in [3.05, 3.63) is 307 Å². The number of pyridine rings is 4. The molecule has 4 heteroatoms. The topological polar surface area (TPSA) is 15.5 Å². The molecule has 8 aromatic carbocycles. The normalized spacial score (nSPS) is 10.9. The Morgan fingerprint density at radius 3 is 1.00 bits per heavy atom. The zero-order valence-electron chi connectivity index (χ0n) is 61.1. The molecule has 0 amide bonds. The van der Waals surface area contributed by atoms with Crippen molar-refractivity contribution in [3.8, 4) is 90.1 Å². The van der Waals surface area contributed by atoms with E-state index in [1.807, 2.05) is 0 Å². The molecule has 0 bridgehead atoms. The van der Waals surface area contributed by atoms with Crippen LogP contribution in [0.25, 0.3) is 90.1 Å². The number of benzene rings is 8. The minimum Gasteiger partial charge on any atom is -0.194 e. The molecule has 0 fully saturated rings. The van der Waals surface area contributed by atoms with Crippen LogP contribution in [-0.2, 0) is 28.2 Å². The molecule has 0 saturated carbocycles. The summed E-state index contributed by atoms with van der Waals surface area (Å²) in [6.07, 6.45) is 0. The molecule has 0 spiro atoms. The average molecular weight is 1250 g/mol. The van der Waals surface area contributed by atoms with Crippen LogP contribution in [0.4, 0.5) is 0 Å². The number of hydrogen-bond acceptors (Lipinski definition) is 0. The van der Waals surface area contributed by atoms with Crippen molar-refractivity contribution >= 4 is 0 Å². The van der Waals surface area contributed by atoms with Crippen molar-refractivity contribution in [2.45, 2.75) is 131 Å². The smallest absolute Gasteiger partial charge is 0.194 e. The second-order valence-corrected chi connectivity index (χ2v) is 27.2. The minimum atomic E-state index is 0.560. The van der Waals surface area contributed by atoms with Gasteiger partial charge in [0, 0.05) is 92.0 Å². The van der Waals surface area contributed by atoms with Gasteiger partial charge < -0.3 is 0 Å². The van der Waals surface area contributed by atoms with Crippen LogP contribution in [0, 0.1) is 111 Å². The predicted molar refractivity (Wildman–Crippen MR) is 404 cm³/mol. The van der Waals surface area contributed by atoms with E-state index in [1.165, 1.54) is 185 Å². The molecule has 0 atom stereocenters. The first-order valence-corrected chi connectivity index (χ1v) is 33.8. The molecule has 482 valence electrons. The van der Waals surface area contributed by atoms with Crippen molar-refractivity contribution in [1.29, 1.82) is 0 Å². The molecule has 0 N–H and O–H groups in total. The molecular weight excluding hydrogens is 1150 g/mol. The maximum atomic E-state index is 2.38. The van der Waals surface area contributed by atoms with Crippen LogP contribution in [0.5, 0.6) is 0 Å². The zero-order chi connectivity index (χ0) is 68.7. The van der Waals surface area contributed by atoms with E-state index >= 15 is 0 Å². The van der Waals surface area contributed by atoms with Crippen LogP contribution in [0.3, 0.4) is 0 Å². The van der Waals surface area contributed by atoms with Gasteiger partial charge in [-0.1, -0.05) is 140 Å². The molecule has 4 heterocycles.